The smallest absolute Gasteiger partial charge is 0.374 e. The number of aliphatic hydroxyl groups excluding tert-OH is 5. The molecular weight excluding hydrogens is 302 g/mol. The first-order chi connectivity index (χ1) is 10.1. The van der Waals surface area contributed by atoms with Crippen molar-refractivity contribution < 1.29 is 44.7 Å². The van der Waals surface area contributed by atoms with Gasteiger partial charge in [0.25, 0.3) is 0 Å². The van der Waals surface area contributed by atoms with Crippen molar-refractivity contribution in [1.82, 2.24) is 5.32 Å². The van der Waals surface area contributed by atoms with E-state index in [0.717, 1.165) is 14.0 Å². The zero-order valence-electron chi connectivity index (χ0n) is 12.2. The van der Waals surface area contributed by atoms with Crippen LogP contribution in [0.25, 0.3) is 0 Å². The first-order valence-corrected chi connectivity index (χ1v) is 6.37. The Morgan fingerprint density at radius 1 is 1.05 bits per heavy atom. The minimum absolute atomic E-state index is 0.695. The van der Waals surface area contributed by atoms with Crippen LogP contribution in [0, 0.1) is 0 Å². The highest BCUT2D eigenvalue weighted by Gasteiger charge is 2.37. The summed E-state index contributed by atoms with van der Waals surface area (Å²) in [6.45, 7) is 0.186. The number of aliphatic hydroxyl groups is 5. The summed E-state index contributed by atoms with van der Waals surface area (Å²) < 4.78 is 4.17. The number of ketones is 1. The second-order valence-electron chi connectivity index (χ2n) is 4.64. The highest BCUT2D eigenvalue weighted by molar-refractivity contribution is 6.33. The summed E-state index contributed by atoms with van der Waals surface area (Å²) in [5, 5.41) is 49.5. The van der Waals surface area contributed by atoms with Gasteiger partial charge in [0.05, 0.1) is 25.9 Å². The van der Waals surface area contributed by atoms with E-state index in [1.807, 2.05) is 0 Å². The van der Waals surface area contributed by atoms with Crippen LogP contribution in [-0.2, 0) is 19.1 Å². The fourth-order valence-corrected chi connectivity index (χ4v) is 1.71. The maximum Gasteiger partial charge on any atom is 0.374 e. The minimum Gasteiger partial charge on any atom is -0.463 e. The number of hydrogen-bond donors (Lipinski definition) is 6. The average molecular weight is 323 g/mol. The van der Waals surface area contributed by atoms with Crippen molar-refractivity contribution in [2.45, 2.75) is 43.8 Å². The average Bonchev–Trinajstić information content (AvgIpc) is 2.48. The van der Waals surface area contributed by atoms with Gasteiger partial charge in [-0.1, -0.05) is 0 Å². The van der Waals surface area contributed by atoms with Gasteiger partial charge < -0.3 is 35.6 Å². The molecule has 0 unspecified atom stereocenters. The van der Waals surface area contributed by atoms with Gasteiger partial charge in [-0.3, -0.25) is 9.59 Å². The van der Waals surface area contributed by atoms with Crippen molar-refractivity contribution in [3.63, 3.8) is 0 Å². The topological polar surface area (TPSA) is 174 Å². The molecule has 0 aliphatic heterocycles. The lowest BCUT2D eigenvalue weighted by atomic mass is 9.94. The quantitative estimate of drug-likeness (QED) is 0.183. The maximum absolute atomic E-state index is 11.4. The molecule has 10 heteroatoms. The summed E-state index contributed by atoms with van der Waals surface area (Å²) in [6, 6.07) is -1.55. The number of ether oxygens (including phenoxy) is 1. The van der Waals surface area contributed by atoms with E-state index in [4.69, 9.17) is 5.11 Å². The molecule has 0 saturated heterocycles. The molecule has 0 aromatic heterocycles. The van der Waals surface area contributed by atoms with Crippen molar-refractivity contribution in [3.05, 3.63) is 0 Å². The fourth-order valence-electron chi connectivity index (χ4n) is 1.71. The van der Waals surface area contributed by atoms with E-state index in [1.165, 1.54) is 0 Å². The summed E-state index contributed by atoms with van der Waals surface area (Å²) in [7, 11) is 0.966. The van der Waals surface area contributed by atoms with Crippen molar-refractivity contribution in [2.24, 2.45) is 0 Å². The molecule has 22 heavy (non-hydrogen) atoms. The Hall–Kier alpha value is -1.59. The number of esters is 1. The highest BCUT2D eigenvalue weighted by Crippen LogP contribution is 2.12. The highest BCUT2D eigenvalue weighted by atomic mass is 16.5. The summed E-state index contributed by atoms with van der Waals surface area (Å²) in [5.74, 6) is -3.01. The van der Waals surface area contributed by atoms with Crippen molar-refractivity contribution in [1.29, 1.82) is 0 Å². The first kappa shape index (κ1) is 20.4. The Kier molecular flexibility index (Phi) is 8.75. The van der Waals surface area contributed by atoms with Gasteiger partial charge in [0.1, 0.15) is 18.3 Å². The molecule has 0 aliphatic carbocycles. The van der Waals surface area contributed by atoms with Gasteiger partial charge in [-0.15, -0.1) is 0 Å². The van der Waals surface area contributed by atoms with Gasteiger partial charge in [-0.25, -0.2) is 4.79 Å². The third-order valence-corrected chi connectivity index (χ3v) is 2.89. The minimum atomic E-state index is -1.90. The van der Waals surface area contributed by atoms with Gasteiger partial charge in [-0.2, -0.15) is 0 Å². The molecule has 0 rings (SSSR count). The first-order valence-electron chi connectivity index (χ1n) is 6.37. The van der Waals surface area contributed by atoms with Gasteiger partial charge in [-0.05, 0) is 0 Å². The van der Waals surface area contributed by atoms with Gasteiger partial charge in [0, 0.05) is 13.3 Å². The second kappa shape index (κ2) is 9.43. The third-order valence-electron chi connectivity index (χ3n) is 2.89. The summed E-state index contributed by atoms with van der Waals surface area (Å²) >= 11 is 0. The van der Waals surface area contributed by atoms with Crippen molar-refractivity contribution in [3.8, 4) is 0 Å². The Bertz CT molecular complexity index is 400. The number of hydrogen-bond acceptors (Lipinski definition) is 9. The molecule has 0 radical (unpaired) electrons. The number of carbonyl (C=O) groups is 3. The Morgan fingerprint density at radius 2 is 1.59 bits per heavy atom. The van der Waals surface area contributed by atoms with Crippen LogP contribution in [-0.4, -0.2) is 87.4 Å². The largest absolute Gasteiger partial charge is 0.463 e. The normalized spacial score (nSPS) is 17.8. The predicted octanol–water partition coefficient (Wildman–Crippen LogP) is -3.94. The summed E-state index contributed by atoms with van der Waals surface area (Å²) in [4.78, 5) is 33.5. The zero-order valence-corrected chi connectivity index (χ0v) is 12.2. The standard InChI is InChI=1S/C12H21NO9/c1-5(15)13-9(11(20)10(19)8(18)4-14)6(16)3-7(17)12(21)22-2/h6,8-11,14,16,18-20H,3-4H2,1-2H3,(H,13,15)/t6-,8+,9+,10+,11+/m0/s1. The molecule has 0 bridgehead atoms. The fraction of sp³-hybridized carbons (Fsp3) is 0.750. The SMILES string of the molecule is COC(=O)C(=O)C[C@H](O)[C@@H](NC(C)=O)[C@@H](O)[C@H](O)[C@H](O)CO. The molecule has 0 heterocycles. The number of methoxy groups -OCH3 is 1. The lowest BCUT2D eigenvalue weighted by Gasteiger charge is -2.32. The molecule has 5 atom stereocenters. The van der Waals surface area contributed by atoms with Gasteiger partial charge in [0.2, 0.25) is 11.7 Å². The van der Waals surface area contributed by atoms with E-state index in [9.17, 15) is 34.8 Å². The molecule has 0 spiro atoms. The van der Waals surface area contributed by atoms with Crippen LogP contribution >= 0.6 is 0 Å². The number of Topliss-reactive ketones (excluding diaryl/α,β-unsaturated/α-hetero) is 1. The van der Waals surface area contributed by atoms with E-state index in [-0.39, 0.29) is 0 Å². The zero-order chi connectivity index (χ0) is 17.4. The maximum atomic E-state index is 11.4. The molecule has 128 valence electrons. The lowest BCUT2D eigenvalue weighted by molar-refractivity contribution is -0.153. The second-order valence-corrected chi connectivity index (χ2v) is 4.64. The van der Waals surface area contributed by atoms with Crippen LogP contribution in [0.1, 0.15) is 13.3 Å². The molecular formula is C12H21NO9. The van der Waals surface area contributed by atoms with Crippen LogP contribution in [0.2, 0.25) is 0 Å². The van der Waals surface area contributed by atoms with Crippen molar-refractivity contribution >= 4 is 17.7 Å². The van der Waals surface area contributed by atoms with Crippen LogP contribution in [0.3, 0.4) is 0 Å². The van der Waals surface area contributed by atoms with E-state index >= 15 is 0 Å². The number of amides is 1. The number of carbonyl (C=O) groups excluding carboxylic acids is 3. The molecule has 0 aromatic rings. The van der Waals surface area contributed by atoms with E-state index in [0.29, 0.717) is 0 Å². The third kappa shape index (κ3) is 6.03. The van der Waals surface area contributed by atoms with Crippen LogP contribution in [0.4, 0.5) is 0 Å². The lowest BCUT2D eigenvalue weighted by Crippen LogP contribution is -2.57. The van der Waals surface area contributed by atoms with E-state index < -0.39 is 61.1 Å². The number of rotatable bonds is 9. The molecule has 0 saturated carbocycles. The Labute approximate surface area is 126 Å². The Morgan fingerprint density at radius 3 is 2.00 bits per heavy atom. The molecule has 6 N–H and O–H groups in total. The van der Waals surface area contributed by atoms with Gasteiger partial charge in [0.15, 0.2) is 0 Å². The predicted molar refractivity (Wildman–Crippen MR) is 70.4 cm³/mol. The van der Waals surface area contributed by atoms with Crippen LogP contribution in [0.15, 0.2) is 0 Å². The monoisotopic (exact) mass is 323 g/mol. The Balaban J connectivity index is 5.06. The van der Waals surface area contributed by atoms with Gasteiger partial charge >= 0.3 is 5.97 Å². The van der Waals surface area contributed by atoms with E-state index in [1.54, 1.807) is 0 Å². The van der Waals surface area contributed by atoms with E-state index in [2.05, 4.69) is 10.1 Å². The van der Waals surface area contributed by atoms with Crippen molar-refractivity contribution in [2.75, 3.05) is 13.7 Å². The number of nitrogens with one attached hydrogen (secondary N) is 1. The molecule has 0 fully saturated rings. The summed E-state index contributed by atoms with van der Waals surface area (Å²) in [5.41, 5.74) is 0. The molecule has 0 aliphatic rings. The van der Waals surface area contributed by atoms with Crippen LogP contribution < -0.4 is 5.32 Å². The molecule has 10 nitrogen and oxygen atoms in total. The summed E-state index contributed by atoms with van der Waals surface area (Å²) in [6.07, 6.45) is -8.03. The molecule has 0 aromatic carbocycles. The molecule has 1 amide bonds. The van der Waals surface area contributed by atoms with Crippen LogP contribution in [0.5, 0.6) is 0 Å².